The Kier molecular flexibility index (Phi) is 6.73. The average molecular weight is 235 g/mol. The molecular weight excluding hydrogens is 216 g/mol. The normalized spacial score (nSPS) is 11.6. The molecule has 0 aromatic rings. The number of alkyl halides is 1. The van der Waals surface area contributed by atoms with Crippen molar-refractivity contribution < 1.29 is 4.79 Å². The minimum absolute atomic E-state index is 0.103. The average Bonchev–Trinajstić information content (AvgIpc) is 2.04. The lowest BCUT2D eigenvalue weighted by molar-refractivity contribution is -0.115. The monoisotopic (exact) mass is 234 g/mol. The Hall–Kier alpha value is 0.150. The van der Waals surface area contributed by atoms with Crippen molar-refractivity contribution in [2.75, 3.05) is 5.33 Å². The number of rotatable bonds is 7. The van der Waals surface area contributed by atoms with Crippen LogP contribution in [-0.4, -0.2) is 11.6 Å². The fourth-order valence-corrected chi connectivity index (χ4v) is 1.48. The zero-order valence-electron chi connectivity index (χ0n) is 8.11. The summed E-state index contributed by atoms with van der Waals surface area (Å²) < 4.78 is 0. The van der Waals surface area contributed by atoms with Crippen LogP contribution in [0.4, 0.5) is 0 Å². The molecule has 2 heteroatoms. The maximum atomic E-state index is 10.5. The van der Waals surface area contributed by atoms with E-state index in [4.69, 9.17) is 0 Å². The second-order valence-corrected chi connectivity index (χ2v) is 4.75. The molecule has 0 aliphatic rings. The van der Waals surface area contributed by atoms with Gasteiger partial charge in [0.05, 0.1) is 0 Å². The second kappa shape index (κ2) is 6.64. The van der Waals surface area contributed by atoms with Crippen LogP contribution < -0.4 is 0 Å². The number of hydrogen-bond donors (Lipinski definition) is 0. The Morgan fingerprint density at radius 1 is 1.17 bits per heavy atom. The minimum Gasteiger partial charge on any atom is -0.303 e. The molecular formula is C10H19BrO. The van der Waals surface area contributed by atoms with E-state index >= 15 is 0 Å². The zero-order chi connectivity index (χ0) is 9.45. The maximum absolute atomic E-state index is 10.5. The van der Waals surface area contributed by atoms with Crippen molar-refractivity contribution in [3.05, 3.63) is 0 Å². The summed E-state index contributed by atoms with van der Waals surface area (Å²) >= 11 is 3.40. The molecule has 0 amide bonds. The molecule has 0 saturated carbocycles. The van der Waals surface area contributed by atoms with E-state index in [-0.39, 0.29) is 5.41 Å². The molecule has 0 N–H and O–H groups in total. The van der Waals surface area contributed by atoms with E-state index in [1.54, 1.807) is 0 Å². The summed E-state index contributed by atoms with van der Waals surface area (Å²) in [6, 6.07) is 0. The van der Waals surface area contributed by atoms with Gasteiger partial charge in [-0.15, -0.1) is 0 Å². The first-order chi connectivity index (χ1) is 5.62. The molecule has 0 radical (unpaired) electrons. The fourth-order valence-electron chi connectivity index (χ4n) is 1.09. The topological polar surface area (TPSA) is 17.1 Å². The third-order valence-corrected chi connectivity index (χ3v) is 2.58. The first kappa shape index (κ1) is 12.2. The molecule has 0 aliphatic carbocycles. The molecule has 0 fully saturated rings. The SMILES string of the molecule is CC(C)(C=O)CCCCCCBr. The minimum atomic E-state index is -0.103. The lowest BCUT2D eigenvalue weighted by Gasteiger charge is -2.15. The van der Waals surface area contributed by atoms with Crippen LogP contribution in [0.2, 0.25) is 0 Å². The van der Waals surface area contributed by atoms with Gasteiger partial charge in [0.15, 0.2) is 0 Å². The van der Waals surface area contributed by atoms with Crippen molar-refractivity contribution in [3.8, 4) is 0 Å². The molecule has 0 aliphatic heterocycles. The number of aldehydes is 1. The Bertz CT molecular complexity index is 121. The number of hydrogen-bond acceptors (Lipinski definition) is 1. The number of unbranched alkanes of at least 4 members (excludes halogenated alkanes) is 3. The second-order valence-electron chi connectivity index (χ2n) is 3.96. The molecule has 0 aromatic heterocycles. The van der Waals surface area contributed by atoms with Gasteiger partial charge in [-0.1, -0.05) is 49.0 Å². The van der Waals surface area contributed by atoms with Gasteiger partial charge in [-0.05, 0) is 12.8 Å². The highest BCUT2D eigenvalue weighted by Crippen LogP contribution is 2.20. The van der Waals surface area contributed by atoms with Crippen LogP contribution in [0.15, 0.2) is 0 Å². The summed E-state index contributed by atoms with van der Waals surface area (Å²) in [5.41, 5.74) is -0.103. The van der Waals surface area contributed by atoms with Gasteiger partial charge in [0.1, 0.15) is 6.29 Å². The molecule has 0 atom stereocenters. The predicted octanol–water partition coefficient (Wildman–Crippen LogP) is 3.56. The van der Waals surface area contributed by atoms with Gasteiger partial charge in [0.25, 0.3) is 0 Å². The van der Waals surface area contributed by atoms with Crippen LogP contribution in [0.25, 0.3) is 0 Å². The lowest BCUT2D eigenvalue weighted by Crippen LogP contribution is -2.12. The van der Waals surface area contributed by atoms with Crippen molar-refractivity contribution in [1.82, 2.24) is 0 Å². The molecule has 0 spiro atoms. The molecule has 72 valence electrons. The van der Waals surface area contributed by atoms with Crippen LogP contribution >= 0.6 is 15.9 Å². The number of carbonyl (C=O) groups excluding carboxylic acids is 1. The standard InChI is InChI=1S/C10H19BrO/c1-10(2,9-12)7-5-3-4-6-8-11/h9H,3-8H2,1-2H3. The van der Waals surface area contributed by atoms with E-state index in [9.17, 15) is 4.79 Å². The van der Waals surface area contributed by atoms with Gasteiger partial charge in [-0.2, -0.15) is 0 Å². The molecule has 1 nitrogen and oxygen atoms in total. The maximum Gasteiger partial charge on any atom is 0.125 e. The highest BCUT2D eigenvalue weighted by Gasteiger charge is 2.14. The zero-order valence-corrected chi connectivity index (χ0v) is 9.69. The molecule has 0 saturated heterocycles. The van der Waals surface area contributed by atoms with E-state index < -0.39 is 0 Å². The number of halogens is 1. The summed E-state index contributed by atoms with van der Waals surface area (Å²) in [5.74, 6) is 0. The Morgan fingerprint density at radius 3 is 2.25 bits per heavy atom. The Labute approximate surface area is 84.1 Å². The highest BCUT2D eigenvalue weighted by atomic mass is 79.9. The molecule has 0 unspecified atom stereocenters. The van der Waals surface area contributed by atoms with Crippen LogP contribution in [0, 0.1) is 5.41 Å². The van der Waals surface area contributed by atoms with Crippen LogP contribution in [-0.2, 0) is 4.79 Å². The van der Waals surface area contributed by atoms with E-state index in [2.05, 4.69) is 15.9 Å². The van der Waals surface area contributed by atoms with Crippen molar-refractivity contribution in [2.45, 2.75) is 46.0 Å². The van der Waals surface area contributed by atoms with Gasteiger partial charge in [-0.3, -0.25) is 0 Å². The van der Waals surface area contributed by atoms with Gasteiger partial charge in [0, 0.05) is 10.7 Å². The Morgan fingerprint density at radius 2 is 1.75 bits per heavy atom. The summed E-state index contributed by atoms with van der Waals surface area (Å²) in [4.78, 5) is 10.5. The van der Waals surface area contributed by atoms with Crippen LogP contribution in [0.1, 0.15) is 46.0 Å². The smallest absolute Gasteiger partial charge is 0.125 e. The fraction of sp³-hybridized carbons (Fsp3) is 0.900. The molecule has 0 heterocycles. The third-order valence-electron chi connectivity index (χ3n) is 2.02. The van der Waals surface area contributed by atoms with Crippen molar-refractivity contribution in [3.63, 3.8) is 0 Å². The van der Waals surface area contributed by atoms with E-state index in [0.717, 1.165) is 18.0 Å². The van der Waals surface area contributed by atoms with Crippen molar-refractivity contribution >= 4 is 22.2 Å². The summed E-state index contributed by atoms with van der Waals surface area (Å²) in [5, 5.41) is 1.10. The van der Waals surface area contributed by atoms with Gasteiger partial charge in [0.2, 0.25) is 0 Å². The quantitative estimate of drug-likeness (QED) is 0.374. The summed E-state index contributed by atoms with van der Waals surface area (Å²) in [6.07, 6.45) is 7.06. The summed E-state index contributed by atoms with van der Waals surface area (Å²) in [7, 11) is 0. The van der Waals surface area contributed by atoms with Crippen LogP contribution in [0.3, 0.4) is 0 Å². The largest absolute Gasteiger partial charge is 0.303 e. The highest BCUT2D eigenvalue weighted by molar-refractivity contribution is 9.09. The number of carbonyl (C=O) groups is 1. The summed E-state index contributed by atoms with van der Waals surface area (Å²) in [6.45, 7) is 4.01. The van der Waals surface area contributed by atoms with E-state index in [1.807, 2.05) is 13.8 Å². The van der Waals surface area contributed by atoms with Gasteiger partial charge in [-0.25, -0.2) is 0 Å². The molecule has 0 aromatic carbocycles. The molecule has 12 heavy (non-hydrogen) atoms. The van der Waals surface area contributed by atoms with Gasteiger partial charge < -0.3 is 4.79 Å². The van der Waals surface area contributed by atoms with Crippen molar-refractivity contribution in [1.29, 1.82) is 0 Å². The first-order valence-corrected chi connectivity index (χ1v) is 5.77. The van der Waals surface area contributed by atoms with Gasteiger partial charge >= 0.3 is 0 Å². The predicted molar refractivity (Wildman–Crippen MR) is 56.7 cm³/mol. The van der Waals surface area contributed by atoms with E-state index in [0.29, 0.717) is 0 Å². The lowest BCUT2D eigenvalue weighted by atomic mass is 9.89. The van der Waals surface area contributed by atoms with E-state index in [1.165, 1.54) is 25.7 Å². The molecule has 0 rings (SSSR count). The third kappa shape index (κ3) is 6.84. The first-order valence-electron chi connectivity index (χ1n) is 4.65. The van der Waals surface area contributed by atoms with Crippen LogP contribution in [0.5, 0.6) is 0 Å². The Balaban J connectivity index is 3.25. The van der Waals surface area contributed by atoms with Crippen molar-refractivity contribution in [2.24, 2.45) is 5.41 Å². The molecule has 0 bridgehead atoms.